The smallest absolute Gasteiger partial charge is 0.329 e. The van der Waals surface area contributed by atoms with Crippen LogP contribution in [0.15, 0.2) is 28.8 Å². The molecule has 0 saturated carbocycles. The summed E-state index contributed by atoms with van der Waals surface area (Å²) in [5, 5.41) is 4.51. The molecule has 0 N–H and O–H groups in total. The number of aromatic nitrogens is 2. The van der Waals surface area contributed by atoms with Crippen molar-refractivity contribution in [2.75, 3.05) is 7.11 Å². The lowest BCUT2D eigenvalue weighted by Gasteiger charge is -2.19. The highest BCUT2D eigenvalue weighted by Crippen LogP contribution is 2.29. The first-order valence-electron chi connectivity index (χ1n) is 6.69. The number of alkyl halides is 3. The number of hydrogen-bond acceptors (Lipinski definition) is 5. The van der Waals surface area contributed by atoms with Crippen molar-refractivity contribution in [3.8, 4) is 11.4 Å². The van der Waals surface area contributed by atoms with Gasteiger partial charge >= 0.3 is 12.1 Å². The molecule has 1 aromatic carbocycles. The molecular weight excluding hydrogens is 315 g/mol. The predicted octanol–water partition coefficient (Wildman–Crippen LogP) is 3.06. The van der Waals surface area contributed by atoms with Gasteiger partial charge in [-0.1, -0.05) is 36.3 Å². The van der Waals surface area contributed by atoms with Gasteiger partial charge in [-0.15, -0.1) is 0 Å². The molecule has 0 unspecified atom stereocenters. The Kier molecular flexibility index (Phi) is 4.99. The van der Waals surface area contributed by atoms with Gasteiger partial charge in [0.05, 0.1) is 13.7 Å². The number of carbonyl (C=O) groups is 1. The van der Waals surface area contributed by atoms with Gasteiger partial charge in [0.15, 0.2) is 0 Å². The fourth-order valence-electron chi connectivity index (χ4n) is 1.81. The van der Waals surface area contributed by atoms with Crippen molar-refractivity contribution in [1.82, 2.24) is 15.2 Å². The molecule has 1 aromatic heterocycles. The average Bonchev–Trinajstić information content (AvgIpc) is 3.02. The van der Waals surface area contributed by atoms with Gasteiger partial charge in [0.1, 0.15) is 0 Å². The Bertz CT molecular complexity index is 668. The molecule has 0 aliphatic heterocycles. The standard InChI is InChI=1S/C14H14F3N3O3/c1-3-11(21)20(22-2)8-9-4-6-10(7-5-9)12-18-13(23-19-12)14(15,16)17/h4-7H,3,8H2,1-2H3. The fraction of sp³-hybridized carbons (Fsp3) is 0.357. The predicted molar refractivity (Wildman–Crippen MR) is 72.6 cm³/mol. The van der Waals surface area contributed by atoms with Gasteiger partial charge in [0, 0.05) is 12.0 Å². The van der Waals surface area contributed by atoms with Gasteiger partial charge in [-0.05, 0) is 5.56 Å². The topological polar surface area (TPSA) is 68.5 Å². The number of halogens is 3. The normalized spacial score (nSPS) is 11.5. The number of hydroxylamine groups is 2. The monoisotopic (exact) mass is 329 g/mol. The Morgan fingerprint density at radius 1 is 1.30 bits per heavy atom. The van der Waals surface area contributed by atoms with E-state index in [0.717, 1.165) is 5.56 Å². The molecule has 0 bridgehead atoms. The quantitative estimate of drug-likeness (QED) is 0.789. The van der Waals surface area contributed by atoms with Gasteiger partial charge < -0.3 is 4.52 Å². The van der Waals surface area contributed by atoms with Crippen molar-refractivity contribution < 1.29 is 27.3 Å². The van der Waals surface area contributed by atoms with E-state index < -0.39 is 12.1 Å². The second-order valence-corrected chi connectivity index (χ2v) is 4.58. The zero-order valence-electron chi connectivity index (χ0n) is 12.4. The molecule has 0 radical (unpaired) electrons. The molecule has 9 heteroatoms. The van der Waals surface area contributed by atoms with E-state index >= 15 is 0 Å². The summed E-state index contributed by atoms with van der Waals surface area (Å²) in [5.41, 5.74) is 1.12. The average molecular weight is 329 g/mol. The van der Waals surface area contributed by atoms with E-state index in [9.17, 15) is 18.0 Å². The maximum atomic E-state index is 12.4. The SMILES string of the molecule is CCC(=O)N(Cc1ccc(-c2noc(C(F)(F)F)n2)cc1)OC. The lowest BCUT2D eigenvalue weighted by Crippen LogP contribution is -2.28. The van der Waals surface area contributed by atoms with E-state index in [1.165, 1.54) is 12.2 Å². The number of nitrogens with zero attached hydrogens (tertiary/aromatic N) is 3. The Morgan fingerprint density at radius 2 is 1.96 bits per heavy atom. The first-order valence-corrected chi connectivity index (χ1v) is 6.69. The fourth-order valence-corrected chi connectivity index (χ4v) is 1.81. The van der Waals surface area contributed by atoms with Gasteiger partial charge in [0.2, 0.25) is 11.7 Å². The van der Waals surface area contributed by atoms with Crippen LogP contribution in [0.5, 0.6) is 0 Å². The van der Waals surface area contributed by atoms with Crippen LogP contribution >= 0.6 is 0 Å². The van der Waals surface area contributed by atoms with Crippen molar-refractivity contribution in [3.05, 3.63) is 35.7 Å². The van der Waals surface area contributed by atoms with Crippen molar-refractivity contribution in [3.63, 3.8) is 0 Å². The zero-order chi connectivity index (χ0) is 17.0. The third-order valence-electron chi connectivity index (χ3n) is 3.01. The number of amides is 1. The Balaban J connectivity index is 2.13. The van der Waals surface area contributed by atoms with Crippen LogP contribution in [0.1, 0.15) is 24.8 Å². The minimum absolute atomic E-state index is 0.155. The maximum absolute atomic E-state index is 12.4. The minimum Gasteiger partial charge on any atom is -0.329 e. The number of carbonyl (C=O) groups excluding carboxylic acids is 1. The molecule has 2 aromatic rings. The van der Waals surface area contributed by atoms with E-state index in [4.69, 9.17) is 4.84 Å². The molecule has 23 heavy (non-hydrogen) atoms. The molecule has 0 aliphatic rings. The highest BCUT2D eigenvalue weighted by Gasteiger charge is 2.38. The van der Waals surface area contributed by atoms with Crippen molar-refractivity contribution in [2.24, 2.45) is 0 Å². The van der Waals surface area contributed by atoms with Crippen molar-refractivity contribution in [2.45, 2.75) is 26.1 Å². The maximum Gasteiger partial charge on any atom is 0.471 e. The third kappa shape index (κ3) is 4.07. The van der Waals surface area contributed by atoms with Crippen LogP contribution in [0.2, 0.25) is 0 Å². The summed E-state index contributed by atoms with van der Waals surface area (Å²) >= 11 is 0. The van der Waals surface area contributed by atoms with Gasteiger partial charge in [-0.3, -0.25) is 9.63 Å². The van der Waals surface area contributed by atoms with E-state index in [0.29, 0.717) is 12.0 Å². The van der Waals surface area contributed by atoms with Crippen LogP contribution in [-0.2, 0) is 22.4 Å². The van der Waals surface area contributed by atoms with E-state index in [2.05, 4.69) is 14.7 Å². The number of hydrogen-bond donors (Lipinski definition) is 0. The Labute approximate surface area is 129 Å². The van der Waals surface area contributed by atoms with E-state index in [-0.39, 0.29) is 18.3 Å². The first kappa shape index (κ1) is 16.9. The summed E-state index contributed by atoms with van der Waals surface area (Å²) in [5.74, 6) is -1.72. The second kappa shape index (κ2) is 6.78. The highest BCUT2D eigenvalue weighted by molar-refractivity contribution is 5.74. The minimum atomic E-state index is -4.68. The first-order chi connectivity index (χ1) is 10.8. The Morgan fingerprint density at radius 3 is 2.43 bits per heavy atom. The lowest BCUT2D eigenvalue weighted by atomic mass is 10.1. The summed E-state index contributed by atoms with van der Waals surface area (Å²) < 4.78 is 41.5. The summed E-state index contributed by atoms with van der Waals surface area (Å²) in [6.45, 7) is 1.94. The molecule has 1 heterocycles. The summed E-state index contributed by atoms with van der Waals surface area (Å²) in [6, 6.07) is 6.39. The molecule has 0 aliphatic carbocycles. The molecular formula is C14H14F3N3O3. The van der Waals surface area contributed by atoms with Crippen molar-refractivity contribution in [1.29, 1.82) is 0 Å². The van der Waals surface area contributed by atoms with E-state index in [1.54, 1.807) is 31.2 Å². The van der Waals surface area contributed by atoms with Crippen LogP contribution < -0.4 is 0 Å². The summed E-state index contributed by atoms with van der Waals surface area (Å²) in [6.07, 6.45) is -4.38. The number of rotatable bonds is 5. The van der Waals surface area contributed by atoms with Crippen LogP contribution in [0.4, 0.5) is 13.2 Å². The summed E-state index contributed by atoms with van der Waals surface area (Å²) in [4.78, 5) is 19.9. The molecule has 0 spiro atoms. The van der Waals surface area contributed by atoms with Gasteiger partial charge in [-0.25, -0.2) is 5.06 Å². The lowest BCUT2D eigenvalue weighted by molar-refractivity contribution is -0.178. The van der Waals surface area contributed by atoms with Crippen LogP contribution in [0.3, 0.4) is 0 Å². The van der Waals surface area contributed by atoms with Gasteiger partial charge in [-0.2, -0.15) is 18.2 Å². The Hall–Kier alpha value is -2.42. The van der Waals surface area contributed by atoms with Crippen molar-refractivity contribution >= 4 is 5.91 Å². The molecule has 0 saturated heterocycles. The van der Waals surface area contributed by atoms with Crippen LogP contribution in [0, 0.1) is 0 Å². The molecule has 1 amide bonds. The second-order valence-electron chi connectivity index (χ2n) is 4.58. The molecule has 0 atom stereocenters. The zero-order valence-corrected chi connectivity index (χ0v) is 12.4. The molecule has 124 valence electrons. The molecule has 0 fully saturated rings. The summed E-state index contributed by atoms with van der Waals surface area (Å²) in [7, 11) is 1.39. The molecule has 2 rings (SSSR count). The highest BCUT2D eigenvalue weighted by atomic mass is 19.4. The third-order valence-corrected chi connectivity index (χ3v) is 3.01. The van der Waals surface area contributed by atoms with Crippen LogP contribution in [-0.4, -0.2) is 28.2 Å². The van der Waals surface area contributed by atoms with E-state index in [1.807, 2.05) is 0 Å². The van der Waals surface area contributed by atoms with Gasteiger partial charge in [0.25, 0.3) is 0 Å². The largest absolute Gasteiger partial charge is 0.471 e. The molecule has 6 nitrogen and oxygen atoms in total. The van der Waals surface area contributed by atoms with Crippen LogP contribution in [0.25, 0.3) is 11.4 Å². The number of benzene rings is 1.